The highest BCUT2D eigenvalue weighted by Crippen LogP contribution is 2.28. The van der Waals surface area contributed by atoms with Gasteiger partial charge in [-0.15, -0.1) is 0 Å². The summed E-state index contributed by atoms with van der Waals surface area (Å²) in [6, 6.07) is 5.73. The number of ether oxygens (including phenoxy) is 3. The molecular weight excluding hydrogens is 208 g/mol. The van der Waals surface area contributed by atoms with Gasteiger partial charge in [-0.1, -0.05) is 6.07 Å². The van der Waals surface area contributed by atoms with Gasteiger partial charge in [-0.2, -0.15) is 0 Å². The molecular formula is C12H18O4. The standard InChI is InChI=1S/C12H18O4/c1-14-9-16-11-6-5-10(4-3-7-13)8-12(11)15-2/h5-6,8,13H,3-4,7,9H2,1-2H3. The van der Waals surface area contributed by atoms with Crippen molar-refractivity contribution in [3.05, 3.63) is 23.8 Å². The lowest BCUT2D eigenvalue weighted by atomic mass is 10.1. The molecule has 4 nitrogen and oxygen atoms in total. The van der Waals surface area contributed by atoms with E-state index >= 15 is 0 Å². The molecule has 0 spiro atoms. The number of aryl methyl sites for hydroxylation is 1. The number of rotatable bonds is 7. The second-order valence-electron chi connectivity index (χ2n) is 3.36. The Balaban J connectivity index is 2.71. The molecule has 0 aliphatic carbocycles. The van der Waals surface area contributed by atoms with E-state index in [1.165, 1.54) is 0 Å². The van der Waals surface area contributed by atoms with Gasteiger partial charge in [-0.25, -0.2) is 0 Å². The summed E-state index contributed by atoms with van der Waals surface area (Å²) in [4.78, 5) is 0. The molecule has 0 aliphatic heterocycles. The van der Waals surface area contributed by atoms with Crippen LogP contribution < -0.4 is 9.47 Å². The Kier molecular flexibility index (Phi) is 5.67. The third-order valence-electron chi connectivity index (χ3n) is 2.18. The topological polar surface area (TPSA) is 47.9 Å². The van der Waals surface area contributed by atoms with Crippen molar-refractivity contribution in [1.29, 1.82) is 0 Å². The van der Waals surface area contributed by atoms with Crippen molar-refractivity contribution in [3.8, 4) is 11.5 Å². The molecule has 1 N–H and O–H groups in total. The van der Waals surface area contributed by atoms with Gasteiger partial charge in [0.2, 0.25) is 0 Å². The highest BCUT2D eigenvalue weighted by molar-refractivity contribution is 5.42. The third kappa shape index (κ3) is 3.72. The highest BCUT2D eigenvalue weighted by atomic mass is 16.7. The molecule has 1 aromatic rings. The van der Waals surface area contributed by atoms with E-state index in [-0.39, 0.29) is 13.4 Å². The van der Waals surface area contributed by atoms with Gasteiger partial charge in [0.15, 0.2) is 18.3 Å². The molecule has 90 valence electrons. The molecule has 4 heteroatoms. The SMILES string of the molecule is COCOc1ccc(CCCO)cc1OC. The fraction of sp³-hybridized carbons (Fsp3) is 0.500. The minimum Gasteiger partial charge on any atom is -0.493 e. The maximum atomic E-state index is 8.75. The van der Waals surface area contributed by atoms with Crippen LogP contribution in [0.5, 0.6) is 11.5 Å². The zero-order valence-electron chi connectivity index (χ0n) is 9.73. The molecule has 0 atom stereocenters. The maximum absolute atomic E-state index is 8.75. The molecule has 0 aromatic heterocycles. The summed E-state index contributed by atoms with van der Waals surface area (Å²) in [6.45, 7) is 0.399. The van der Waals surface area contributed by atoms with Crippen molar-refractivity contribution in [1.82, 2.24) is 0 Å². The number of aliphatic hydroxyl groups is 1. The van der Waals surface area contributed by atoms with Gasteiger partial charge in [0.05, 0.1) is 7.11 Å². The molecule has 1 aromatic carbocycles. The lowest BCUT2D eigenvalue weighted by Gasteiger charge is -2.11. The summed E-state index contributed by atoms with van der Waals surface area (Å²) in [5, 5.41) is 8.75. The summed E-state index contributed by atoms with van der Waals surface area (Å²) < 4.78 is 15.4. The molecule has 0 saturated carbocycles. The van der Waals surface area contributed by atoms with Crippen molar-refractivity contribution in [3.63, 3.8) is 0 Å². The lowest BCUT2D eigenvalue weighted by Crippen LogP contribution is -2.01. The van der Waals surface area contributed by atoms with Gasteiger partial charge in [-0.3, -0.25) is 0 Å². The van der Waals surface area contributed by atoms with Gasteiger partial charge >= 0.3 is 0 Å². The summed E-state index contributed by atoms with van der Waals surface area (Å²) in [5.41, 5.74) is 1.12. The molecule has 0 bridgehead atoms. The van der Waals surface area contributed by atoms with Crippen molar-refractivity contribution in [2.75, 3.05) is 27.6 Å². The first kappa shape index (κ1) is 12.8. The summed E-state index contributed by atoms with van der Waals surface area (Å²) >= 11 is 0. The maximum Gasteiger partial charge on any atom is 0.188 e. The largest absolute Gasteiger partial charge is 0.493 e. The van der Waals surface area contributed by atoms with E-state index in [1.807, 2.05) is 18.2 Å². The Morgan fingerprint density at radius 3 is 2.62 bits per heavy atom. The van der Waals surface area contributed by atoms with E-state index in [9.17, 15) is 0 Å². The Morgan fingerprint density at radius 1 is 1.19 bits per heavy atom. The van der Waals surface area contributed by atoms with Crippen molar-refractivity contribution in [2.24, 2.45) is 0 Å². The van der Waals surface area contributed by atoms with Crippen LogP contribution in [0.25, 0.3) is 0 Å². The van der Waals surface area contributed by atoms with Gasteiger partial charge in [0, 0.05) is 13.7 Å². The van der Waals surface area contributed by atoms with E-state index < -0.39 is 0 Å². The summed E-state index contributed by atoms with van der Waals surface area (Å²) in [5.74, 6) is 1.35. The van der Waals surface area contributed by atoms with E-state index in [0.717, 1.165) is 18.4 Å². The van der Waals surface area contributed by atoms with Crippen LogP contribution in [0, 0.1) is 0 Å². The minimum absolute atomic E-state index is 0.199. The number of benzene rings is 1. The van der Waals surface area contributed by atoms with E-state index in [1.54, 1.807) is 14.2 Å². The van der Waals surface area contributed by atoms with Crippen LogP contribution >= 0.6 is 0 Å². The first-order valence-electron chi connectivity index (χ1n) is 5.21. The van der Waals surface area contributed by atoms with E-state index in [2.05, 4.69) is 0 Å². The Hall–Kier alpha value is -1.26. The monoisotopic (exact) mass is 226 g/mol. The van der Waals surface area contributed by atoms with Crippen molar-refractivity contribution in [2.45, 2.75) is 12.8 Å². The predicted octanol–water partition coefficient (Wildman–Crippen LogP) is 1.60. The van der Waals surface area contributed by atoms with Gasteiger partial charge in [0.1, 0.15) is 0 Å². The van der Waals surface area contributed by atoms with Crippen LogP contribution in [-0.2, 0) is 11.2 Å². The van der Waals surface area contributed by atoms with Crippen LogP contribution in [0.15, 0.2) is 18.2 Å². The smallest absolute Gasteiger partial charge is 0.188 e. The van der Waals surface area contributed by atoms with Crippen molar-refractivity contribution < 1.29 is 19.3 Å². The second-order valence-corrected chi connectivity index (χ2v) is 3.36. The quantitative estimate of drug-likeness (QED) is 0.717. The normalized spacial score (nSPS) is 10.2. The molecule has 0 unspecified atom stereocenters. The zero-order valence-corrected chi connectivity index (χ0v) is 9.73. The highest BCUT2D eigenvalue weighted by Gasteiger charge is 2.05. The molecule has 0 heterocycles. The lowest BCUT2D eigenvalue weighted by molar-refractivity contribution is 0.0491. The molecule has 0 saturated heterocycles. The van der Waals surface area contributed by atoms with Crippen LogP contribution in [0.1, 0.15) is 12.0 Å². The molecule has 0 aliphatic rings. The molecule has 0 radical (unpaired) electrons. The van der Waals surface area contributed by atoms with Gasteiger partial charge < -0.3 is 19.3 Å². The number of hydrogen-bond donors (Lipinski definition) is 1. The first-order valence-corrected chi connectivity index (χ1v) is 5.21. The van der Waals surface area contributed by atoms with Crippen LogP contribution in [0.4, 0.5) is 0 Å². The summed E-state index contributed by atoms with van der Waals surface area (Å²) in [7, 11) is 3.17. The minimum atomic E-state index is 0.199. The Bertz CT molecular complexity index is 312. The second kappa shape index (κ2) is 7.09. The van der Waals surface area contributed by atoms with Crippen LogP contribution in [0.3, 0.4) is 0 Å². The number of aliphatic hydroxyl groups excluding tert-OH is 1. The fourth-order valence-corrected chi connectivity index (χ4v) is 1.39. The first-order chi connectivity index (χ1) is 7.81. The van der Waals surface area contributed by atoms with Gasteiger partial charge in [-0.05, 0) is 30.5 Å². The van der Waals surface area contributed by atoms with Crippen LogP contribution in [0.2, 0.25) is 0 Å². The number of methoxy groups -OCH3 is 2. The Labute approximate surface area is 95.8 Å². The average Bonchev–Trinajstić information content (AvgIpc) is 2.34. The zero-order chi connectivity index (χ0) is 11.8. The van der Waals surface area contributed by atoms with E-state index in [4.69, 9.17) is 19.3 Å². The molecule has 0 amide bonds. The van der Waals surface area contributed by atoms with Crippen LogP contribution in [-0.4, -0.2) is 32.7 Å². The van der Waals surface area contributed by atoms with E-state index in [0.29, 0.717) is 11.5 Å². The summed E-state index contributed by atoms with van der Waals surface area (Å²) in [6.07, 6.45) is 1.58. The molecule has 0 fully saturated rings. The third-order valence-corrected chi connectivity index (χ3v) is 2.18. The number of hydrogen-bond acceptors (Lipinski definition) is 4. The Morgan fingerprint density at radius 2 is 2.00 bits per heavy atom. The van der Waals surface area contributed by atoms with Crippen molar-refractivity contribution >= 4 is 0 Å². The fourth-order valence-electron chi connectivity index (χ4n) is 1.39. The molecule has 1 rings (SSSR count). The average molecular weight is 226 g/mol. The predicted molar refractivity (Wildman–Crippen MR) is 60.9 cm³/mol. The van der Waals surface area contributed by atoms with Gasteiger partial charge in [0.25, 0.3) is 0 Å². The molecule has 16 heavy (non-hydrogen) atoms.